The largest absolute Gasteiger partial charge is 0.497 e. The van der Waals surface area contributed by atoms with Crippen molar-refractivity contribution in [3.63, 3.8) is 0 Å². The van der Waals surface area contributed by atoms with Crippen LogP contribution in [-0.4, -0.2) is 17.3 Å². The SMILES string of the molecule is CCc1nnc(COc2cc(C#N)cc(OC)c2)o1. The van der Waals surface area contributed by atoms with Crippen molar-refractivity contribution >= 4 is 0 Å². The van der Waals surface area contributed by atoms with Gasteiger partial charge in [-0.15, -0.1) is 10.2 Å². The summed E-state index contributed by atoms with van der Waals surface area (Å²) in [5.41, 5.74) is 0.467. The molecular weight excluding hydrogens is 246 g/mol. The van der Waals surface area contributed by atoms with Gasteiger partial charge in [-0.3, -0.25) is 0 Å². The lowest BCUT2D eigenvalue weighted by Gasteiger charge is -2.06. The molecule has 1 heterocycles. The number of hydrogen-bond donors (Lipinski definition) is 0. The Hall–Kier alpha value is -2.55. The van der Waals surface area contributed by atoms with Crippen LogP contribution >= 0.6 is 0 Å². The van der Waals surface area contributed by atoms with Crippen LogP contribution in [0.3, 0.4) is 0 Å². The Morgan fingerprint density at radius 3 is 2.58 bits per heavy atom. The summed E-state index contributed by atoms with van der Waals surface area (Å²) >= 11 is 0. The van der Waals surface area contributed by atoms with Crippen LogP contribution in [0.25, 0.3) is 0 Å². The molecule has 0 saturated carbocycles. The Morgan fingerprint density at radius 2 is 1.95 bits per heavy atom. The van der Waals surface area contributed by atoms with E-state index in [0.717, 1.165) is 0 Å². The number of hydrogen-bond acceptors (Lipinski definition) is 6. The monoisotopic (exact) mass is 259 g/mol. The third-order valence-corrected chi connectivity index (χ3v) is 2.42. The Bertz CT molecular complexity index is 601. The predicted molar refractivity (Wildman–Crippen MR) is 65.7 cm³/mol. The van der Waals surface area contributed by atoms with Gasteiger partial charge in [-0.25, -0.2) is 0 Å². The van der Waals surface area contributed by atoms with E-state index in [4.69, 9.17) is 19.2 Å². The molecule has 0 unspecified atom stereocenters. The van der Waals surface area contributed by atoms with Crippen molar-refractivity contribution in [2.75, 3.05) is 7.11 Å². The second kappa shape index (κ2) is 5.87. The van der Waals surface area contributed by atoms with Crippen LogP contribution in [0, 0.1) is 11.3 Å². The Morgan fingerprint density at radius 1 is 1.21 bits per heavy atom. The molecule has 0 saturated heterocycles. The van der Waals surface area contributed by atoms with Gasteiger partial charge in [-0.1, -0.05) is 6.92 Å². The highest BCUT2D eigenvalue weighted by molar-refractivity contribution is 5.43. The van der Waals surface area contributed by atoms with Crippen molar-refractivity contribution in [2.45, 2.75) is 20.0 Å². The fraction of sp³-hybridized carbons (Fsp3) is 0.308. The van der Waals surface area contributed by atoms with E-state index in [1.807, 2.05) is 13.0 Å². The Labute approximate surface area is 110 Å². The third-order valence-electron chi connectivity index (χ3n) is 2.42. The predicted octanol–water partition coefficient (Wildman–Crippen LogP) is 2.09. The van der Waals surface area contributed by atoms with Gasteiger partial charge in [-0.05, 0) is 12.1 Å². The minimum atomic E-state index is 0.158. The summed E-state index contributed by atoms with van der Waals surface area (Å²) in [6.45, 7) is 2.09. The highest BCUT2D eigenvalue weighted by atomic mass is 16.5. The maximum absolute atomic E-state index is 8.90. The number of aromatic nitrogens is 2. The number of nitriles is 1. The minimum absolute atomic E-state index is 0.158. The van der Waals surface area contributed by atoms with Gasteiger partial charge in [0.15, 0.2) is 6.61 Å². The van der Waals surface area contributed by atoms with Crippen LogP contribution in [0.15, 0.2) is 22.6 Å². The lowest BCUT2D eigenvalue weighted by Crippen LogP contribution is -1.97. The van der Waals surface area contributed by atoms with Gasteiger partial charge in [0, 0.05) is 12.5 Å². The molecule has 0 atom stereocenters. The molecular formula is C13H13N3O3. The number of aryl methyl sites for hydroxylation is 1. The van der Waals surface area contributed by atoms with E-state index in [1.165, 1.54) is 7.11 Å². The van der Waals surface area contributed by atoms with E-state index in [1.54, 1.807) is 18.2 Å². The van der Waals surface area contributed by atoms with Crippen LogP contribution in [0.5, 0.6) is 11.5 Å². The summed E-state index contributed by atoms with van der Waals surface area (Å²) in [5, 5.41) is 16.6. The number of benzene rings is 1. The highest BCUT2D eigenvalue weighted by Crippen LogP contribution is 2.23. The van der Waals surface area contributed by atoms with E-state index in [0.29, 0.717) is 35.3 Å². The maximum Gasteiger partial charge on any atom is 0.253 e. The van der Waals surface area contributed by atoms with Crippen molar-refractivity contribution < 1.29 is 13.9 Å². The summed E-state index contributed by atoms with van der Waals surface area (Å²) in [6.07, 6.45) is 0.685. The summed E-state index contributed by atoms with van der Waals surface area (Å²) in [6, 6.07) is 6.99. The second-order valence-corrected chi connectivity index (χ2v) is 3.74. The number of nitrogens with zero attached hydrogens (tertiary/aromatic N) is 3. The molecule has 2 rings (SSSR count). The average Bonchev–Trinajstić information content (AvgIpc) is 2.92. The van der Waals surface area contributed by atoms with Crippen LogP contribution in [0.4, 0.5) is 0 Å². The normalized spacial score (nSPS) is 9.95. The van der Waals surface area contributed by atoms with Gasteiger partial charge in [0.05, 0.1) is 18.7 Å². The summed E-state index contributed by atoms with van der Waals surface area (Å²) < 4.78 is 15.9. The van der Waals surface area contributed by atoms with E-state index in [-0.39, 0.29) is 6.61 Å². The van der Waals surface area contributed by atoms with E-state index >= 15 is 0 Å². The van der Waals surface area contributed by atoms with Gasteiger partial charge in [0.25, 0.3) is 5.89 Å². The molecule has 0 aliphatic carbocycles. The molecule has 0 N–H and O–H groups in total. The van der Waals surface area contributed by atoms with Crippen molar-refractivity contribution in [3.8, 4) is 17.6 Å². The molecule has 1 aromatic heterocycles. The molecule has 1 aromatic carbocycles. The zero-order valence-corrected chi connectivity index (χ0v) is 10.7. The lowest BCUT2D eigenvalue weighted by molar-refractivity contribution is 0.258. The first-order chi connectivity index (χ1) is 9.25. The van der Waals surface area contributed by atoms with Crippen LogP contribution in [0.2, 0.25) is 0 Å². The zero-order chi connectivity index (χ0) is 13.7. The first-order valence-corrected chi connectivity index (χ1v) is 5.78. The first-order valence-electron chi connectivity index (χ1n) is 5.78. The van der Waals surface area contributed by atoms with Crippen molar-refractivity contribution in [3.05, 3.63) is 35.5 Å². The van der Waals surface area contributed by atoms with Gasteiger partial charge in [0.2, 0.25) is 5.89 Å². The molecule has 6 heteroatoms. The van der Waals surface area contributed by atoms with Gasteiger partial charge in [0.1, 0.15) is 11.5 Å². The van der Waals surface area contributed by atoms with E-state index in [2.05, 4.69) is 10.2 Å². The number of ether oxygens (including phenoxy) is 2. The Balaban J connectivity index is 2.08. The van der Waals surface area contributed by atoms with Crippen LogP contribution in [0.1, 0.15) is 24.3 Å². The molecule has 98 valence electrons. The third kappa shape index (κ3) is 3.22. The molecule has 0 aliphatic heterocycles. The topological polar surface area (TPSA) is 81.2 Å². The standard InChI is InChI=1S/C13H13N3O3/c1-3-12-15-16-13(19-12)8-18-11-5-9(7-14)4-10(6-11)17-2/h4-6H,3,8H2,1-2H3. The summed E-state index contributed by atoms with van der Waals surface area (Å²) in [4.78, 5) is 0. The first kappa shape index (κ1) is 12.9. The van der Waals surface area contributed by atoms with Gasteiger partial charge >= 0.3 is 0 Å². The van der Waals surface area contributed by atoms with Gasteiger partial charge in [-0.2, -0.15) is 5.26 Å². The maximum atomic E-state index is 8.90. The molecule has 0 bridgehead atoms. The molecule has 0 aliphatic rings. The molecule has 0 fully saturated rings. The quantitative estimate of drug-likeness (QED) is 0.817. The second-order valence-electron chi connectivity index (χ2n) is 3.74. The zero-order valence-electron chi connectivity index (χ0n) is 10.7. The van der Waals surface area contributed by atoms with Crippen molar-refractivity contribution in [1.29, 1.82) is 5.26 Å². The molecule has 0 radical (unpaired) electrons. The van der Waals surface area contributed by atoms with E-state index in [9.17, 15) is 0 Å². The smallest absolute Gasteiger partial charge is 0.253 e. The van der Waals surface area contributed by atoms with Crippen LogP contribution < -0.4 is 9.47 Å². The van der Waals surface area contributed by atoms with Crippen molar-refractivity contribution in [1.82, 2.24) is 10.2 Å². The minimum Gasteiger partial charge on any atom is -0.497 e. The summed E-state index contributed by atoms with van der Waals surface area (Å²) in [5.74, 6) is 2.06. The summed E-state index contributed by atoms with van der Waals surface area (Å²) in [7, 11) is 1.53. The Kier molecular flexibility index (Phi) is 3.98. The van der Waals surface area contributed by atoms with E-state index < -0.39 is 0 Å². The molecule has 2 aromatic rings. The number of methoxy groups -OCH3 is 1. The molecule has 6 nitrogen and oxygen atoms in total. The fourth-order valence-electron chi connectivity index (χ4n) is 1.47. The fourth-order valence-corrected chi connectivity index (χ4v) is 1.47. The highest BCUT2D eigenvalue weighted by Gasteiger charge is 2.07. The average molecular weight is 259 g/mol. The van der Waals surface area contributed by atoms with Gasteiger partial charge < -0.3 is 13.9 Å². The molecule has 0 amide bonds. The molecule has 19 heavy (non-hydrogen) atoms. The molecule has 0 spiro atoms. The lowest BCUT2D eigenvalue weighted by atomic mass is 10.2. The number of rotatable bonds is 5. The van der Waals surface area contributed by atoms with Crippen molar-refractivity contribution in [2.24, 2.45) is 0 Å². The van der Waals surface area contributed by atoms with Crippen LogP contribution in [-0.2, 0) is 13.0 Å².